The van der Waals surface area contributed by atoms with E-state index < -0.39 is 6.10 Å². The topological polar surface area (TPSA) is 56.7 Å². The lowest BCUT2D eigenvalue weighted by Crippen LogP contribution is -2.48. The van der Waals surface area contributed by atoms with E-state index in [1.165, 1.54) is 5.56 Å². The summed E-state index contributed by atoms with van der Waals surface area (Å²) in [6.45, 7) is 3.09. The summed E-state index contributed by atoms with van der Waals surface area (Å²) in [5.41, 5.74) is 2.98. The molecule has 2 aliphatic rings. The number of hydrogen-bond acceptors (Lipinski definition) is 4. The van der Waals surface area contributed by atoms with E-state index in [0.29, 0.717) is 18.2 Å². The van der Waals surface area contributed by atoms with Gasteiger partial charge in [-0.1, -0.05) is 24.3 Å². The van der Waals surface area contributed by atoms with E-state index in [1.54, 1.807) is 24.5 Å². The van der Waals surface area contributed by atoms with E-state index in [-0.39, 0.29) is 5.91 Å². The van der Waals surface area contributed by atoms with Crippen molar-refractivity contribution in [3.63, 3.8) is 0 Å². The molecule has 0 saturated carbocycles. The summed E-state index contributed by atoms with van der Waals surface area (Å²) in [6.07, 6.45) is 4.80. The van der Waals surface area contributed by atoms with Crippen molar-refractivity contribution < 1.29 is 9.90 Å². The van der Waals surface area contributed by atoms with Crippen molar-refractivity contribution in [2.75, 3.05) is 19.6 Å². The van der Waals surface area contributed by atoms with Crippen LogP contribution < -0.4 is 0 Å². The molecular formula is C20H23N3O2. The number of fused-ring (bicyclic) bond motifs is 1. The Morgan fingerprint density at radius 1 is 1.08 bits per heavy atom. The first-order chi connectivity index (χ1) is 12.2. The number of aliphatic hydroxyl groups is 1. The van der Waals surface area contributed by atoms with Gasteiger partial charge < -0.3 is 10.0 Å². The van der Waals surface area contributed by atoms with Gasteiger partial charge in [0.1, 0.15) is 0 Å². The fraction of sp³-hybridized carbons (Fsp3) is 0.400. The summed E-state index contributed by atoms with van der Waals surface area (Å²) in [5, 5.41) is 10.4. The van der Waals surface area contributed by atoms with E-state index >= 15 is 0 Å². The van der Waals surface area contributed by atoms with Crippen LogP contribution in [-0.2, 0) is 6.54 Å². The number of aliphatic hydroxyl groups excluding tert-OH is 1. The van der Waals surface area contributed by atoms with Gasteiger partial charge in [-0.2, -0.15) is 0 Å². The normalized spacial score (nSPS) is 21.8. The average Bonchev–Trinajstić information content (AvgIpc) is 2.68. The van der Waals surface area contributed by atoms with Gasteiger partial charge in [-0.25, -0.2) is 0 Å². The number of amides is 1. The zero-order valence-electron chi connectivity index (χ0n) is 14.2. The van der Waals surface area contributed by atoms with Crippen molar-refractivity contribution in [2.45, 2.75) is 31.5 Å². The summed E-state index contributed by atoms with van der Waals surface area (Å²) in [5.74, 6) is 0.0878. The predicted octanol–water partition coefficient (Wildman–Crippen LogP) is 2.24. The zero-order chi connectivity index (χ0) is 17.2. The van der Waals surface area contributed by atoms with Crippen LogP contribution in [0.3, 0.4) is 0 Å². The fourth-order valence-electron chi connectivity index (χ4n) is 4.00. The molecule has 1 amide bonds. The number of aromatic nitrogens is 1. The maximum Gasteiger partial charge on any atom is 0.253 e. The molecule has 1 N–H and O–H groups in total. The van der Waals surface area contributed by atoms with Crippen molar-refractivity contribution in [3.8, 4) is 0 Å². The van der Waals surface area contributed by atoms with Gasteiger partial charge in [-0.05, 0) is 36.1 Å². The van der Waals surface area contributed by atoms with Gasteiger partial charge in [0.2, 0.25) is 0 Å². The second-order valence-electron chi connectivity index (χ2n) is 6.90. The van der Waals surface area contributed by atoms with Gasteiger partial charge in [0.15, 0.2) is 0 Å². The third-order valence-corrected chi connectivity index (χ3v) is 5.39. The molecule has 1 atom stereocenters. The van der Waals surface area contributed by atoms with E-state index in [9.17, 15) is 9.90 Å². The molecule has 1 unspecified atom stereocenters. The van der Waals surface area contributed by atoms with Gasteiger partial charge in [0, 0.05) is 50.2 Å². The monoisotopic (exact) mass is 337 g/mol. The Balaban J connectivity index is 1.39. The smallest absolute Gasteiger partial charge is 0.253 e. The molecule has 130 valence electrons. The number of rotatable bonds is 2. The van der Waals surface area contributed by atoms with Crippen molar-refractivity contribution in [1.29, 1.82) is 0 Å². The molecule has 0 aliphatic carbocycles. The van der Waals surface area contributed by atoms with Crippen LogP contribution in [0.25, 0.3) is 0 Å². The molecule has 0 spiro atoms. The van der Waals surface area contributed by atoms with Crippen LogP contribution in [0.2, 0.25) is 0 Å². The molecule has 5 nitrogen and oxygen atoms in total. The number of carbonyl (C=O) groups excluding carboxylic acids is 1. The second-order valence-corrected chi connectivity index (χ2v) is 6.90. The van der Waals surface area contributed by atoms with Crippen LogP contribution in [0.4, 0.5) is 0 Å². The van der Waals surface area contributed by atoms with Gasteiger partial charge >= 0.3 is 0 Å². The quantitative estimate of drug-likeness (QED) is 0.913. The number of likely N-dealkylation sites (tertiary alicyclic amines) is 1. The van der Waals surface area contributed by atoms with E-state index in [0.717, 1.165) is 38.0 Å². The Kier molecular flexibility index (Phi) is 4.51. The number of nitrogens with zero attached hydrogens (tertiary/aromatic N) is 3. The third kappa shape index (κ3) is 3.30. The largest absolute Gasteiger partial charge is 0.387 e. The van der Waals surface area contributed by atoms with Gasteiger partial charge in [-0.15, -0.1) is 0 Å². The highest BCUT2D eigenvalue weighted by Gasteiger charge is 2.31. The maximum atomic E-state index is 12.5. The van der Waals surface area contributed by atoms with Crippen LogP contribution in [0.5, 0.6) is 0 Å². The molecule has 0 bridgehead atoms. The molecule has 2 aromatic rings. The lowest BCUT2D eigenvalue weighted by molar-refractivity contribution is 0.0349. The first-order valence-corrected chi connectivity index (χ1v) is 8.91. The highest BCUT2D eigenvalue weighted by Crippen LogP contribution is 2.30. The van der Waals surface area contributed by atoms with Crippen molar-refractivity contribution in [1.82, 2.24) is 14.8 Å². The standard InChI is InChI=1S/C20H23N3O2/c24-19-14-23(13-16-3-1-2-4-18(16)19)17-7-11-22(12-8-17)20(25)15-5-9-21-10-6-15/h1-6,9-10,17,19,24H,7-8,11-14H2. The zero-order valence-corrected chi connectivity index (χ0v) is 14.2. The minimum absolute atomic E-state index is 0.0878. The summed E-state index contributed by atoms with van der Waals surface area (Å²) in [4.78, 5) is 20.8. The minimum atomic E-state index is -0.415. The summed E-state index contributed by atoms with van der Waals surface area (Å²) in [6, 6.07) is 12.1. The molecule has 2 aliphatic heterocycles. The lowest BCUT2D eigenvalue weighted by atomic mass is 9.93. The van der Waals surface area contributed by atoms with Crippen LogP contribution in [0, 0.1) is 0 Å². The third-order valence-electron chi connectivity index (χ3n) is 5.39. The van der Waals surface area contributed by atoms with E-state index in [1.807, 2.05) is 23.1 Å². The number of carbonyl (C=O) groups is 1. The number of hydrogen-bond donors (Lipinski definition) is 1. The molecule has 5 heteroatoms. The molecule has 0 radical (unpaired) electrons. The molecule has 4 rings (SSSR count). The maximum absolute atomic E-state index is 12.5. The van der Waals surface area contributed by atoms with Crippen LogP contribution in [-0.4, -0.2) is 51.5 Å². The van der Waals surface area contributed by atoms with Crippen LogP contribution >= 0.6 is 0 Å². The lowest BCUT2D eigenvalue weighted by Gasteiger charge is -2.42. The molecule has 25 heavy (non-hydrogen) atoms. The van der Waals surface area contributed by atoms with Crippen molar-refractivity contribution >= 4 is 5.91 Å². The van der Waals surface area contributed by atoms with Crippen LogP contribution in [0.15, 0.2) is 48.8 Å². The molecule has 1 aromatic carbocycles. The molecular weight excluding hydrogens is 314 g/mol. The minimum Gasteiger partial charge on any atom is -0.387 e. The highest BCUT2D eigenvalue weighted by atomic mass is 16.3. The number of β-amino-alcohol motifs (C(OH)–C–C–N with tert-alkyl or cyclic N) is 1. The molecule has 1 fully saturated rings. The Hall–Kier alpha value is -2.24. The van der Waals surface area contributed by atoms with Gasteiger partial charge in [0.25, 0.3) is 5.91 Å². The number of piperidine rings is 1. The summed E-state index contributed by atoms with van der Waals surface area (Å²) in [7, 11) is 0. The molecule has 3 heterocycles. The summed E-state index contributed by atoms with van der Waals surface area (Å²) >= 11 is 0. The van der Waals surface area contributed by atoms with Crippen molar-refractivity contribution in [2.24, 2.45) is 0 Å². The SMILES string of the molecule is O=C(c1ccncc1)N1CCC(N2Cc3ccccc3C(O)C2)CC1. The van der Waals surface area contributed by atoms with Crippen molar-refractivity contribution in [3.05, 3.63) is 65.5 Å². The van der Waals surface area contributed by atoms with E-state index in [4.69, 9.17) is 0 Å². The second kappa shape index (κ2) is 6.94. The molecule has 1 aromatic heterocycles. The Morgan fingerprint density at radius 3 is 2.56 bits per heavy atom. The van der Waals surface area contributed by atoms with Gasteiger partial charge in [-0.3, -0.25) is 14.7 Å². The fourth-order valence-corrected chi connectivity index (χ4v) is 4.00. The average molecular weight is 337 g/mol. The first kappa shape index (κ1) is 16.2. The van der Waals surface area contributed by atoms with Gasteiger partial charge in [0.05, 0.1) is 6.10 Å². The summed E-state index contributed by atoms with van der Waals surface area (Å²) < 4.78 is 0. The van der Waals surface area contributed by atoms with Crippen LogP contribution in [0.1, 0.15) is 40.4 Å². The van der Waals surface area contributed by atoms with E-state index in [2.05, 4.69) is 16.0 Å². The Bertz CT molecular complexity index is 742. The first-order valence-electron chi connectivity index (χ1n) is 8.91. The number of pyridine rings is 1. The number of benzene rings is 1. The Labute approximate surface area is 147 Å². The molecule has 1 saturated heterocycles. The predicted molar refractivity (Wildman–Crippen MR) is 95.0 cm³/mol. The highest BCUT2D eigenvalue weighted by molar-refractivity contribution is 5.94. The Morgan fingerprint density at radius 2 is 1.80 bits per heavy atom.